The average Bonchev–Trinajstić information content (AvgIpc) is 2.76. The fraction of sp³-hybridized carbons (Fsp3) is 0.643. The third kappa shape index (κ3) is 5.46. The quantitative estimate of drug-likeness (QED) is 0.772. The van der Waals surface area contributed by atoms with Gasteiger partial charge in [-0.05, 0) is 53.6 Å². The summed E-state index contributed by atoms with van der Waals surface area (Å²) in [4.78, 5) is 11.8. The van der Waals surface area contributed by atoms with Crippen LogP contribution in [0.15, 0.2) is 16.8 Å². The van der Waals surface area contributed by atoms with E-state index in [1.807, 2.05) is 11.4 Å². The summed E-state index contributed by atoms with van der Waals surface area (Å²) >= 11 is 1.65. The third-order valence-corrected chi connectivity index (χ3v) is 3.99. The lowest BCUT2D eigenvalue weighted by atomic mass is 9.87. The molecule has 0 saturated heterocycles. The SMILES string of the molecule is CC(C)C(CCN)CCC(=O)Cc1ccsc1. The number of hydrogen-bond donors (Lipinski definition) is 1. The molecule has 96 valence electrons. The summed E-state index contributed by atoms with van der Waals surface area (Å²) < 4.78 is 0. The van der Waals surface area contributed by atoms with E-state index < -0.39 is 0 Å². The van der Waals surface area contributed by atoms with E-state index in [1.54, 1.807) is 11.3 Å². The maximum absolute atomic E-state index is 11.8. The molecule has 0 spiro atoms. The molecule has 0 fully saturated rings. The Morgan fingerprint density at radius 3 is 2.71 bits per heavy atom. The number of ketones is 1. The highest BCUT2D eigenvalue weighted by Gasteiger charge is 2.14. The fourth-order valence-electron chi connectivity index (χ4n) is 2.08. The van der Waals surface area contributed by atoms with Crippen LogP contribution in [0.1, 0.15) is 38.7 Å². The van der Waals surface area contributed by atoms with Crippen LogP contribution >= 0.6 is 11.3 Å². The van der Waals surface area contributed by atoms with Gasteiger partial charge in [0.1, 0.15) is 5.78 Å². The van der Waals surface area contributed by atoms with Crippen molar-refractivity contribution in [1.82, 2.24) is 0 Å². The van der Waals surface area contributed by atoms with E-state index in [1.165, 1.54) is 0 Å². The number of nitrogens with two attached hydrogens (primary N) is 1. The zero-order valence-corrected chi connectivity index (χ0v) is 11.6. The Morgan fingerprint density at radius 2 is 2.18 bits per heavy atom. The van der Waals surface area contributed by atoms with Gasteiger partial charge >= 0.3 is 0 Å². The smallest absolute Gasteiger partial charge is 0.137 e. The second-order valence-corrected chi connectivity index (χ2v) is 5.75. The predicted molar refractivity (Wildman–Crippen MR) is 74.3 cm³/mol. The van der Waals surface area contributed by atoms with Crippen molar-refractivity contribution < 1.29 is 4.79 Å². The average molecular weight is 253 g/mol. The van der Waals surface area contributed by atoms with Crippen LogP contribution in [0.25, 0.3) is 0 Å². The molecule has 2 nitrogen and oxygen atoms in total. The lowest BCUT2D eigenvalue weighted by Crippen LogP contribution is -2.16. The topological polar surface area (TPSA) is 43.1 Å². The number of carbonyl (C=O) groups excluding carboxylic acids is 1. The van der Waals surface area contributed by atoms with Crippen molar-refractivity contribution in [3.63, 3.8) is 0 Å². The minimum Gasteiger partial charge on any atom is -0.330 e. The van der Waals surface area contributed by atoms with Gasteiger partial charge in [-0.25, -0.2) is 0 Å². The van der Waals surface area contributed by atoms with Crippen molar-refractivity contribution in [3.05, 3.63) is 22.4 Å². The van der Waals surface area contributed by atoms with Crippen molar-refractivity contribution in [2.24, 2.45) is 17.6 Å². The van der Waals surface area contributed by atoms with Crippen LogP contribution in [0, 0.1) is 11.8 Å². The molecule has 0 aliphatic rings. The molecule has 2 N–H and O–H groups in total. The number of thiophene rings is 1. The Hall–Kier alpha value is -0.670. The first-order valence-electron chi connectivity index (χ1n) is 6.36. The number of Topliss-reactive ketones (excluding diaryl/α,β-unsaturated/α-hetero) is 1. The van der Waals surface area contributed by atoms with Crippen LogP contribution in [0.2, 0.25) is 0 Å². The van der Waals surface area contributed by atoms with E-state index in [0.29, 0.717) is 30.5 Å². The predicted octanol–water partition coefficient (Wildman–Crippen LogP) is 3.26. The summed E-state index contributed by atoms with van der Waals surface area (Å²) in [5.74, 6) is 1.56. The first-order valence-corrected chi connectivity index (χ1v) is 7.30. The summed E-state index contributed by atoms with van der Waals surface area (Å²) in [6, 6.07) is 2.03. The normalized spacial score (nSPS) is 12.9. The summed E-state index contributed by atoms with van der Waals surface area (Å²) in [6.45, 7) is 5.15. The zero-order valence-electron chi connectivity index (χ0n) is 10.8. The van der Waals surface area contributed by atoms with Crippen LogP contribution in [-0.4, -0.2) is 12.3 Å². The molecule has 0 aromatic carbocycles. The molecule has 0 radical (unpaired) electrons. The number of hydrogen-bond acceptors (Lipinski definition) is 3. The van der Waals surface area contributed by atoms with Gasteiger partial charge in [0, 0.05) is 12.8 Å². The van der Waals surface area contributed by atoms with Gasteiger partial charge in [-0.15, -0.1) is 0 Å². The minimum absolute atomic E-state index is 0.353. The number of rotatable bonds is 8. The molecule has 0 bridgehead atoms. The summed E-state index contributed by atoms with van der Waals surface area (Å²) in [5.41, 5.74) is 6.75. The maximum Gasteiger partial charge on any atom is 0.137 e. The van der Waals surface area contributed by atoms with Crippen LogP contribution in [0.3, 0.4) is 0 Å². The highest BCUT2D eigenvalue weighted by molar-refractivity contribution is 7.07. The van der Waals surface area contributed by atoms with Crippen molar-refractivity contribution in [2.45, 2.75) is 39.5 Å². The first kappa shape index (κ1) is 14.4. The molecule has 1 aromatic rings. The summed E-state index contributed by atoms with van der Waals surface area (Å²) in [6.07, 6.45) is 3.30. The molecule has 1 unspecified atom stereocenters. The van der Waals surface area contributed by atoms with Crippen molar-refractivity contribution in [1.29, 1.82) is 0 Å². The Labute approximate surface area is 108 Å². The first-order chi connectivity index (χ1) is 8.13. The van der Waals surface area contributed by atoms with E-state index >= 15 is 0 Å². The zero-order chi connectivity index (χ0) is 12.7. The van der Waals surface area contributed by atoms with E-state index in [-0.39, 0.29) is 0 Å². The highest BCUT2D eigenvalue weighted by Crippen LogP contribution is 2.21. The van der Waals surface area contributed by atoms with Crippen molar-refractivity contribution in [3.8, 4) is 0 Å². The third-order valence-electron chi connectivity index (χ3n) is 3.26. The standard InChI is InChI=1S/C14H23NOS/c1-11(2)13(5-7-15)3-4-14(16)9-12-6-8-17-10-12/h6,8,10-11,13H,3-5,7,9,15H2,1-2H3. The van der Waals surface area contributed by atoms with Crippen LogP contribution < -0.4 is 5.73 Å². The van der Waals surface area contributed by atoms with Crippen LogP contribution in [0.5, 0.6) is 0 Å². The van der Waals surface area contributed by atoms with Gasteiger partial charge in [-0.1, -0.05) is 13.8 Å². The van der Waals surface area contributed by atoms with E-state index in [9.17, 15) is 4.79 Å². The second-order valence-electron chi connectivity index (χ2n) is 4.97. The Morgan fingerprint density at radius 1 is 1.41 bits per heavy atom. The van der Waals surface area contributed by atoms with Gasteiger partial charge < -0.3 is 5.73 Å². The molecule has 0 saturated carbocycles. The molecule has 0 amide bonds. The minimum atomic E-state index is 0.353. The van der Waals surface area contributed by atoms with Crippen LogP contribution in [0.4, 0.5) is 0 Å². The maximum atomic E-state index is 11.8. The lowest BCUT2D eigenvalue weighted by molar-refractivity contribution is -0.118. The molecule has 17 heavy (non-hydrogen) atoms. The molecule has 1 aromatic heterocycles. The Bertz CT molecular complexity index is 319. The fourth-order valence-corrected chi connectivity index (χ4v) is 2.75. The van der Waals surface area contributed by atoms with E-state index in [2.05, 4.69) is 19.2 Å². The molecule has 1 heterocycles. The van der Waals surface area contributed by atoms with Gasteiger partial charge in [0.2, 0.25) is 0 Å². The van der Waals surface area contributed by atoms with Crippen LogP contribution in [-0.2, 0) is 11.2 Å². The van der Waals surface area contributed by atoms with Crippen molar-refractivity contribution in [2.75, 3.05) is 6.54 Å². The molecular formula is C14H23NOS. The monoisotopic (exact) mass is 253 g/mol. The number of carbonyl (C=O) groups is 1. The molecular weight excluding hydrogens is 230 g/mol. The molecule has 3 heteroatoms. The van der Waals surface area contributed by atoms with Gasteiger partial charge in [0.05, 0.1) is 0 Å². The Kier molecular flexibility index (Phi) is 6.45. The largest absolute Gasteiger partial charge is 0.330 e. The van der Waals surface area contributed by atoms with Gasteiger partial charge in [-0.2, -0.15) is 11.3 Å². The van der Waals surface area contributed by atoms with E-state index in [0.717, 1.165) is 24.9 Å². The van der Waals surface area contributed by atoms with Gasteiger partial charge in [-0.3, -0.25) is 4.79 Å². The molecule has 0 aliphatic heterocycles. The molecule has 1 rings (SSSR count). The lowest BCUT2D eigenvalue weighted by Gasteiger charge is -2.19. The van der Waals surface area contributed by atoms with Crippen molar-refractivity contribution >= 4 is 17.1 Å². The molecule has 0 aliphatic carbocycles. The second kappa shape index (κ2) is 7.62. The summed E-state index contributed by atoms with van der Waals surface area (Å²) in [5, 5.41) is 4.08. The highest BCUT2D eigenvalue weighted by atomic mass is 32.1. The van der Waals surface area contributed by atoms with Gasteiger partial charge in [0.25, 0.3) is 0 Å². The molecule has 1 atom stereocenters. The summed E-state index contributed by atoms with van der Waals surface area (Å²) in [7, 11) is 0. The van der Waals surface area contributed by atoms with E-state index in [4.69, 9.17) is 5.73 Å². The van der Waals surface area contributed by atoms with Gasteiger partial charge in [0.15, 0.2) is 0 Å². The Balaban J connectivity index is 2.31.